The quantitative estimate of drug-likeness (QED) is 0.0341. The fourth-order valence-electron chi connectivity index (χ4n) is 8.19. The molecule has 0 fully saturated rings. The molecule has 0 bridgehead atoms. The van der Waals surface area contributed by atoms with Crippen molar-refractivity contribution in [3.05, 3.63) is 0 Å². The summed E-state index contributed by atoms with van der Waals surface area (Å²) in [4.78, 5) is 37.0. The second kappa shape index (κ2) is 44.0. The maximum Gasteiger partial charge on any atom is 0.306 e. The number of carboxylic acid groups (broad SMARTS) is 1. The van der Waals surface area contributed by atoms with E-state index in [1.807, 2.05) is 21.1 Å². The Morgan fingerprint density at radius 3 is 1.03 bits per heavy atom. The van der Waals surface area contributed by atoms with Crippen molar-refractivity contribution in [2.75, 3.05) is 41.0 Å². The summed E-state index contributed by atoms with van der Waals surface area (Å²) in [6, 6.07) is -0.719. The van der Waals surface area contributed by atoms with Gasteiger partial charge in [-0.1, -0.05) is 232 Å². The van der Waals surface area contributed by atoms with Crippen molar-refractivity contribution >= 4 is 17.9 Å². The number of unbranched alkanes of at least 4 members (excludes halogenated alkanes) is 34. The van der Waals surface area contributed by atoms with Crippen molar-refractivity contribution in [3.8, 4) is 0 Å². The summed E-state index contributed by atoms with van der Waals surface area (Å²) in [6.07, 6.45) is 47.1. The zero-order valence-electron chi connectivity index (χ0n) is 40.7. The van der Waals surface area contributed by atoms with Crippen molar-refractivity contribution in [2.45, 2.75) is 276 Å². The number of likely N-dealkylation sites (N-methyl/N-ethyl adjacent to an activating group) is 1. The van der Waals surface area contributed by atoms with Gasteiger partial charge in [0.1, 0.15) is 12.6 Å². The molecule has 0 aromatic carbocycles. The molecular weight excluding hydrogens is 751 g/mol. The third-order valence-electron chi connectivity index (χ3n) is 12.2. The summed E-state index contributed by atoms with van der Waals surface area (Å²) in [6.45, 7) is 4.71. The number of aliphatic carboxylic acids is 1. The highest BCUT2D eigenvalue weighted by molar-refractivity contribution is 5.70. The third-order valence-corrected chi connectivity index (χ3v) is 12.2. The van der Waals surface area contributed by atoms with Crippen LogP contribution in [0.4, 0.5) is 0 Å². The van der Waals surface area contributed by atoms with E-state index >= 15 is 0 Å². The third kappa shape index (κ3) is 41.7. The molecule has 60 heavy (non-hydrogen) atoms. The maximum atomic E-state index is 12.8. The first-order valence-corrected chi connectivity index (χ1v) is 26.1. The van der Waals surface area contributed by atoms with Crippen LogP contribution in [0.25, 0.3) is 0 Å². The Balaban J connectivity index is 4.10. The predicted molar refractivity (Wildman–Crippen MR) is 250 cm³/mol. The molecule has 0 N–H and O–H groups in total. The van der Waals surface area contributed by atoms with Crippen LogP contribution in [0.5, 0.6) is 0 Å². The number of ether oxygens (including phenoxy) is 3. The molecular formula is C52H101NO7. The Morgan fingerprint density at radius 1 is 0.433 bits per heavy atom. The lowest BCUT2D eigenvalue weighted by molar-refractivity contribution is -0.889. The normalized spacial score (nSPS) is 12.8. The number of carbonyl (C=O) groups excluding carboxylic acids is 3. The van der Waals surface area contributed by atoms with Crippen molar-refractivity contribution in [3.63, 3.8) is 0 Å². The van der Waals surface area contributed by atoms with Gasteiger partial charge in [-0.2, -0.15) is 0 Å². The highest BCUT2D eigenvalue weighted by atomic mass is 16.6. The first-order chi connectivity index (χ1) is 29.1. The van der Waals surface area contributed by atoms with Gasteiger partial charge < -0.3 is 28.6 Å². The molecule has 0 aliphatic carbocycles. The van der Waals surface area contributed by atoms with E-state index in [-0.39, 0.29) is 42.7 Å². The summed E-state index contributed by atoms with van der Waals surface area (Å²) in [5.74, 6) is -1.71. The van der Waals surface area contributed by atoms with Gasteiger partial charge in [-0.05, 0) is 12.8 Å². The average Bonchev–Trinajstić information content (AvgIpc) is 3.21. The number of hydrogen-bond acceptors (Lipinski definition) is 7. The summed E-state index contributed by atoms with van der Waals surface area (Å²) in [5, 5.41) is 11.6. The van der Waals surface area contributed by atoms with E-state index in [1.54, 1.807) is 0 Å². The Kier molecular flexibility index (Phi) is 42.7. The number of nitrogens with zero attached hydrogens (tertiary/aromatic N) is 1. The summed E-state index contributed by atoms with van der Waals surface area (Å²) >= 11 is 0. The van der Waals surface area contributed by atoms with Crippen molar-refractivity contribution < 1.29 is 38.2 Å². The number of carbonyl (C=O) groups is 3. The first-order valence-electron chi connectivity index (χ1n) is 26.1. The number of esters is 2. The molecule has 0 saturated heterocycles. The number of rotatable bonds is 48. The second-order valence-corrected chi connectivity index (χ2v) is 19.1. The minimum atomic E-state index is -1.12. The van der Waals surface area contributed by atoms with Crippen LogP contribution in [0.3, 0.4) is 0 Å². The summed E-state index contributed by atoms with van der Waals surface area (Å²) in [5.41, 5.74) is 0. The largest absolute Gasteiger partial charge is 0.544 e. The van der Waals surface area contributed by atoms with E-state index < -0.39 is 18.1 Å². The van der Waals surface area contributed by atoms with E-state index in [0.717, 1.165) is 38.5 Å². The Labute approximate surface area is 372 Å². The van der Waals surface area contributed by atoms with Crippen LogP contribution < -0.4 is 5.11 Å². The fraction of sp³-hybridized carbons (Fsp3) is 0.942. The van der Waals surface area contributed by atoms with Crippen LogP contribution in [-0.2, 0) is 28.6 Å². The van der Waals surface area contributed by atoms with E-state index in [2.05, 4.69) is 13.8 Å². The Bertz CT molecular complexity index is 951. The van der Waals surface area contributed by atoms with Crippen LogP contribution in [0, 0.1) is 0 Å². The molecule has 8 heteroatoms. The number of quaternary nitrogens is 1. The lowest BCUT2D eigenvalue weighted by Gasteiger charge is -2.34. The van der Waals surface area contributed by atoms with E-state index in [0.29, 0.717) is 12.8 Å². The monoisotopic (exact) mass is 852 g/mol. The van der Waals surface area contributed by atoms with Crippen LogP contribution in [0.2, 0.25) is 0 Å². The highest BCUT2D eigenvalue weighted by Gasteiger charge is 2.25. The first kappa shape index (κ1) is 58.3. The fourth-order valence-corrected chi connectivity index (χ4v) is 8.19. The van der Waals surface area contributed by atoms with Gasteiger partial charge in [0, 0.05) is 19.3 Å². The molecule has 0 amide bonds. The zero-order chi connectivity index (χ0) is 44.2. The van der Waals surface area contributed by atoms with Crippen molar-refractivity contribution in [1.82, 2.24) is 0 Å². The molecule has 2 atom stereocenters. The summed E-state index contributed by atoms with van der Waals surface area (Å²) < 4.78 is 17.2. The molecule has 0 saturated carbocycles. The van der Waals surface area contributed by atoms with Gasteiger partial charge in [0.2, 0.25) is 0 Å². The van der Waals surface area contributed by atoms with Gasteiger partial charge in [-0.25, -0.2) is 0 Å². The minimum Gasteiger partial charge on any atom is -0.544 e. The van der Waals surface area contributed by atoms with Crippen LogP contribution in [-0.4, -0.2) is 75.5 Å². The van der Waals surface area contributed by atoms with Gasteiger partial charge in [0.05, 0.1) is 40.3 Å². The Hall–Kier alpha value is -1.67. The van der Waals surface area contributed by atoms with Crippen LogP contribution in [0.1, 0.15) is 264 Å². The molecule has 356 valence electrons. The van der Waals surface area contributed by atoms with Crippen LogP contribution >= 0.6 is 0 Å². The zero-order valence-corrected chi connectivity index (χ0v) is 40.7. The smallest absolute Gasteiger partial charge is 0.306 e. The number of carboxylic acids is 1. The molecule has 0 radical (unpaired) electrons. The molecule has 2 unspecified atom stereocenters. The standard InChI is InChI=1S/C52H101NO7/c1-6-8-10-12-14-16-18-20-21-22-23-24-25-26-27-28-29-30-31-33-35-37-39-41-43-51(55)60-48(46-58-45-44-49(52(56)57)53(3,4)5)47-59-50(54)42-40-38-36-34-32-19-17-15-13-11-9-7-2/h48-49H,6-47H2,1-5H3. The topological polar surface area (TPSA) is 102 Å². The van der Waals surface area contributed by atoms with Gasteiger partial charge in [0.15, 0.2) is 6.10 Å². The maximum absolute atomic E-state index is 12.8. The SMILES string of the molecule is CCCCCCCCCCCCCCCCCCCCCCCCCCC(=O)OC(COCCC(C(=O)[O-])[N+](C)(C)C)COC(=O)CCCCCCCCCCCCCC. The van der Waals surface area contributed by atoms with E-state index in [9.17, 15) is 19.5 Å². The minimum absolute atomic E-state index is 0.0496. The van der Waals surface area contributed by atoms with Gasteiger partial charge in [-0.3, -0.25) is 9.59 Å². The predicted octanol–water partition coefficient (Wildman–Crippen LogP) is 13.5. The molecule has 0 rings (SSSR count). The van der Waals surface area contributed by atoms with Gasteiger partial charge >= 0.3 is 11.9 Å². The summed E-state index contributed by atoms with van der Waals surface area (Å²) in [7, 11) is 5.43. The molecule has 8 nitrogen and oxygen atoms in total. The van der Waals surface area contributed by atoms with Gasteiger partial charge in [-0.15, -0.1) is 0 Å². The average molecular weight is 852 g/mol. The van der Waals surface area contributed by atoms with Crippen molar-refractivity contribution in [2.24, 2.45) is 0 Å². The lowest BCUT2D eigenvalue weighted by atomic mass is 10.0. The molecule has 0 spiro atoms. The lowest BCUT2D eigenvalue weighted by Crippen LogP contribution is -2.55. The van der Waals surface area contributed by atoms with Crippen LogP contribution in [0.15, 0.2) is 0 Å². The Morgan fingerprint density at radius 2 is 0.733 bits per heavy atom. The number of hydrogen-bond donors (Lipinski definition) is 0. The van der Waals surface area contributed by atoms with Gasteiger partial charge in [0.25, 0.3) is 0 Å². The molecule has 0 aliphatic heterocycles. The van der Waals surface area contributed by atoms with Crippen molar-refractivity contribution in [1.29, 1.82) is 0 Å². The van der Waals surface area contributed by atoms with E-state index in [1.165, 1.54) is 193 Å². The second-order valence-electron chi connectivity index (χ2n) is 19.1. The molecule has 0 heterocycles. The van der Waals surface area contributed by atoms with E-state index in [4.69, 9.17) is 14.2 Å². The highest BCUT2D eigenvalue weighted by Crippen LogP contribution is 2.17. The molecule has 0 aromatic rings. The molecule has 0 aliphatic rings. The molecule has 0 aromatic heterocycles.